The summed E-state index contributed by atoms with van der Waals surface area (Å²) >= 11 is 10.3. The maximum absolute atomic E-state index is 8.36. The van der Waals surface area contributed by atoms with Crippen LogP contribution < -0.4 is 0 Å². The van der Waals surface area contributed by atoms with E-state index < -0.39 is 5.09 Å². The minimum atomic E-state index is -1.50. The lowest BCUT2D eigenvalue weighted by atomic mass is 10.1. The normalized spacial score (nSPS) is 21.8. The van der Waals surface area contributed by atoms with E-state index in [1.54, 1.807) is 0 Å². The second-order valence-corrected chi connectivity index (χ2v) is 9.75. The largest absolute Gasteiger partial charge is 0.335 e. The van der Waals surface area contributed by atoms with Crippen LogP contribution in [0.15, 0.2) is 43.0 Å². The zero-order chi connectivity index (χ0) is 19.0. The smallest absolute Gasteiger partial charge is 0.291 e. The van der Waals surface area contributed by atoms with Gasteiger partial charge in [-0.25, -0.2) is 4.98 Å². The van der Waals surface area contributed by atoms with Crippen molar-refractivity contribution in [1.29, 1.82) is 0 Å². The molecular formula is C17H22ClN3O3S2. The predicted molar refractivity (Wildman–Crippen MR) is 108 cm³/mol. The summed E-state index contributed by atoms with van der Waals surface area (Å²) in [5.74, 6) is 1.26. The topological polar surface area (TPSA) is 81.2 Å². The molecule has 26 heavy (non-hydrogen) atoms. The molecule has 1 N–H and O–H groups in total. The summed E-state index contributed by atoms with van der Waals surface area (Å²) in [5, 5.41) is 15.2. The first-order valence-electron chi connectivity index (χ1n) is 8.27. The fourth-order valence-electron chi connectivity index (χ4n) is 2.76. The number of rotatable bonds is 6. The van der Waals surface area contributed by atoms with Gasteiger partial charge in [0.15, 0.2) is 0 Å². The summed E-state index contributed by atoms with van der Waals surface area (Å²) in [6, 6.07) is 8.27. The van der Waals surface area contributed by atoms with Crippen molar-refractivity contribution in [3.8, 4) is 0 Å². The fourth-order valence-corrected chi connectivity index (χ4v) is 6.67. The lowest BCUT2D eigenvalue weighted by molar-refractivity contribution is -0.742. The Hall–Kier alpha value is -1.38. The first kappa shape index (κ1) is 20.9. The summed E-state index contributed by atoms with van der Waals surface area (Å²) in [7, 11) is 0. The number of imidazole rings is 1. The predicted octanol–water partition coefficient (Wildman–Crippen LogP) is 4.78. The van der Waals surface area contributed by atoms with Gasteiger partial charge in [-0.3, -0.25) is 0 Å². The highest BCUT2D eigenvalue weighted by atomic mass is 35.5. The van der Waals surface area contributed by atoms with Crippen LogP contribution in [0.25, 0.3) is 0 Å². The first-order valence-corrected chi connectivity index (χ1v) is 10.5. The fraction of sp³-hybridized carbons (Fsp3) is 0.471. The molecule has 1 aromatic heterocycles. The van der Waals surface area contributed by atoms with Gasteiger partial charge < -0.3 is 9.77 Å². The van der Waals surface area contributed by atoms with Crippen LogP contribution in [-0.2, 0) is 13.0 Å². The highest BCUT2D eigenvalue weighted by molar-refractivity contribution is 8.21. The van der Waals surface area contributed by atoms with Crippen LogP contribution in [0, 0.1) is 10.1 Å². The second kappa shape index (κ2) is 10.1. The molecule has 2 atom stereocenters. The van der Waals surface area contributed by atoms with Gasteiger partial charge in [0.05, 0.1) is 10.4 Å². The van der Waals surface area contributed by atoms with Gasteiger partial charge in [0.25, 0.3) is 5.09 Å². The summed E-state index contributed by atoms with van der Waals surface area (Å²) < 4.78 is 2.49. The van der Waals surface area contributed by atoms with Crippen LogP contribution in [-0.4, -0.2) is 34.9 Å². The first-order chi connectivity index (χ1) is 12.4. The van der Waals surface area contributed by atoms with E-state index in [4.69, 9.17) is 26.9 Å². The van der Waals surface area contributed by atoms with E-state index >= 15 is 0 Å². The Morgan fingerprint density at radius 3 is 2.69 bits per heavy atom. The minimum Gasteiger partial charge on any atom is -0.335 e. The van der Waals surface area contributed by atoms with Crippen molar-refractivity contribution in [2.45, 2.75) is 42.1 Å². The number of thioether (sulfide) groups is 2. The van der Waals surface area contributed by atoms with Crippen molar-refractivity contribution in [2.75, 3.05) is 5.75 Å². The molecule has 2 unspecified atom stereocenters. The lowest BCUT2D eigenvalue weighted by Crippen LogP contribution is -2.25. The second-order valence-electron chi connectivity index (χ2n) is 5.97. The van der Waals surface area contributed by atoms with Gasteiger partial charge in [0.1, 0.15) is 0 Å². The molecule has 9 heteroatoms. The zero-order valence-electron chi connectivity index (χ0n) is 14.5. The number of benzene rings is 1. The maximum atomic E-state index is 8.36. The molecule has 1 saturated heterocycles. The van der Waals surface area contributed by atoms with E-state index in [0.717, 1.165) is 23.2 Å². The number of hydrogen-bond acceptors (Lipinski definition) is 5. The van der Waals surface area contributed by atoms with E-state index in [1.807, 2.05) is 24.7 Å². The Bertz CT molecular complexity index is 681. The van der Waals surface area contributed by atoms with E-state index in [9.17, 15) is 0 Å². The van der Waals surface area contributed by atoms with E-state index in [-0.39, 0.29) is 4.08 Å². The summed E-state index contributed by atoms with van der Waals surface area (Å²) in [5.41, 5.74) is 1.37. The molecule has 1 aliphatic rings. The molecule has 2 aromatic rings. The number of aryl methyl sites for hydroxylation is 1. The molecule has 3 rings (SSSR count). The monoisotopic (exact) mass is 415 g/mol. The molecule has 0 bridgehead atoms. The molecule has 1 fully saturated rings. The van der Waals surface area contributed by atoms with Crippen molar-refractivity contribution >= 4 is 35.1 Å². The average Bonchev–Trinajstić information content (AvgIpc) is 3.24. The van der Waals surface area contributed by atoms with Crippen molar-refractivity contribution in [1.82, 2.24) is 9.55 Å². The van der Waals surface area contributed by atoms with Crippen LogP contribution in [0.4, 0.5) is 0 Å². The number of hydrogen-bond donors (Lipinski definition) is 1. The Morgan fingerprint density at radius 1 is 1.46 bits per heavy atom. The number of aromatic nitrogens is 2. The quantitative estimate of drug-likeness (QED) is 0.540. The third-order valence-electron chi connectivity index (χ3n) is 4.06. The van der Waals surface area contributed by atoms with Crippen LogP contribution >= 0.6 is 35.1 Å². The number of nitrogens with zero attached hydrogens (tertiary/aromatic N) is 3. The Balaban J connectivity index is 0.000000552. The van der Waals surface area contributed by atoms with Crippen LogP contribution in [0.3, 0.4) is 0 Å². The van der Waals surface area contributed by atoms with Crippen molar-refractivity contribution < 1.29 is 10.3 Å². The summed E-state index contributed by atoms with van der Waals surface area (Å²) in [6.45, 7) is 3.33. The molecular weight excluding hydrogens is 394 g/mol. The molecule has 0 saturated carbocycles. The molecule has 1 aromatic carbocycles. The van der Waals surface area contributed by atoms with Gasteiger partial charge in [0, 0.05) is 35.0 Å². The van der Waals surface area contributed by atoms with Gasteiger partial charge in [-0.1, -0.05) is 30.7 Å². The van der Waals surface area contributed by atoms with E-state index in [1.165, 1.54) is 24.2 Å². The molecule has 0 spiro atoms. The SMILES string of the molecule is CCC1CSC(CCc2ccc(Cl)cc2)(Cn2ccnc2)S1.O=[N+]([O-])O. The zero-order valence-corrected chi connectivity index (χ0v) is 16.8. The minimum absolute atomic E-state index is 0.265. The molecule has 2 heterocycles. The van der Waals surface area contributed by atoms with E-state index in [2.05, 4.69) is 58.3 Å². The third-order valence-corrected chi connectivity index (χ3v) is 8.19. The molecule has 6 nitrogen and oxygen atoms in total. The number of halogens is 1. The lowest BCUT2D eigenvalue weighted by Gasteiger charge is -2.28. The Labute approximate surface area is 166 Å². The maximum Gasteiger partial charge on any atom is 0.291 e. The average molecular weight is 416 g/mol. The van der Waals surface area contributed by atoms with Crippen molar-refractivity contribution in [3.63, 3.8) is 0 Å². The molecule has 142 valence electrons. The van der Waals surface area contributed by atoms with Gasteiger partial charge in [-0.05, 0) is 37.0 Å². The molecule has 0 aliphatic carbocycles. The highest BCUT2D eigenvalue weighted by Gasteiger charge is 2.40. The van der Waals surface area contributed by atoms with Gasteiger partial charge >= 0.3 is 0 Å². The Morgan fingerprint density at radius 2 is 2.15 bits per heavy atom. The molecule has 0 radical (unpaired) electrons. The highest BCUT2D eigenvalue weighted by Crippen LogP contribution is 2.52. The van der Waals surface area contributed by atoms with Gasteiger partial charge in [0.2, 0.25) is 0 Å². The van der Waals surface area contributed by atoms with Crippen molar-refractivity contribution in [2.24, 2.45) is 0 Å². The van der Waals surface area contributed by atoms with Crippen molar-refractivity contribution in [3.05, 3.63) is 63.7 Å². The Kier molecular flexibility index (Phi) is 8.12. The summed E-state index contributed by atoms with van der Waals surface area (Å²) in [4.78, 5) is 12.6. The molecule has 0 amide bonds. The van der Waals surface area contributed by atoms with Gasteiger partial charge in [-0.15, -0.1) is 33.6 Å². The van der Waals surface area contributed by atoms with Crippen LogP contribution in [0.2, 0.25) is 5.02 Å². The van der Waals surface area contributed by atoms with Gasteiger partial charge in [-0.2, -0.15) is 0 Å². The van der Waals surface area contributed by atoms with Crippen LogP contribution in [0.5, 0.6) is 0 Å². The summed E-state index contributed by atoms with van der Waals surface area (Å²) in [6.07, 6.45) is 9.41. The van der Waals surface area contributed by atoms with E-state index in [0.29, 0.717) is 0 Å². The van der Waals surface area contributed by atoms with Crippen LogP contribution in [0.1, 0.15) is 25.3 Å². The molecule has 1 aliphatic heterocycles. The third kappa shape index (κ3) is 6.74. The standard InChI is InChI=1S/C17H21ClN2S2.HNO3/c1-2-16-11-21-17(22-16,12-20-10-9-19-13-20)8-7-14-3-5-15(18)6-4-14;2-1(3)4/h3-6,9-10,13,16H,2,7-8,11-12H2,1H3;(H,2,3,4).